The van der Waals surface area contributed by atoms with Gasteiger partial charge in [0.15, 0.2) is 11.5 Å². The molecule has 3 rings (SSSR count). The lowest BCUT2D eigenvalue weighted by atomic mass is 10.2. The number of carbonyl (C=O) groups excluding carboxylic acids is 1. The lowest BCUT2D eigenvalue weighted by Gasteiger charge is -1.99. The summed E-state index contributed by atoms with van der Waals surface area (Å²) in [6.45, 7) is 0. The molecule has 2 aromatic heterocycles. The molecule has 3 aromatic rings. The van der Waals surface area contributed by atoms with E-state index < -0.39 is 23.1 Å². The summed E-state index contributed by atoms with van der Waals surface area (Å²) in [5.41, 5.74) is 5.00. The van der Waals surface area contributed by atoms with E-state index in [-0.39, 0.29) is 17.3 Å². The Morgan fingerprint density at radius 1 is 1.14 bits per heavy atom. The van der Waals surface area contributed by atoms with Crippen molar-refractivity contribution >= 4 is 5.91 Å². The van der Waals surface area contributed by atoms with Crippen LogP contribution in [0.5, 0.6) is 0 Å². The van der Waals surface area contributed by atoms with Crippen molar-refractivity contribution in [2.24, 2.45) is 5.73 Å². The van der Waals surface area contributed by atoms with Gasteiger partial charge in [0, 0.05) is 18.0 Å². The van der Waals surface area contributed by atoms with Gasteiger partial charge in [-0.2, -0.15) is 0 Å². The van der Waals surface area contributed by atoms with Gasteiger partial charge in [-0.25, -0.2) is 13.8 Å². The van der Waals surface area contributed by atoms with Crippen LogP contribution in [0.1, 0.15) is 10.5 Å². The summed E-state index contributed by atoms with van der Waals surface area (Å²) in [6.07, 6.45) is 2.95. The van der Waals surface area contributed by atoms with Gasteiger partial charge in [0.2, 0.25) is 5.89 Å². The second-order valence-corrected chi connectivity index (χ2v) is 4.40. The van der Waals surface area contributed by atoms with Crippen molar-refractivity contribution in [1.29, 1.82) is 0 Å². The molecule has 0 unspecified atom stereocenters. The van der Waals surface area contributed by atoms with Crippen molar-refractivity contribution in [3.8, 4) is 22.8 Å². The number of hydrogen-bond acceptors (Lipinski definition) is 4. The van der Waals surface area contributed by atoms with Crippen LogP contribution in [0.15, 0.2) is 47.1 Å². The number of benzene rings is 1. The number of hydrogen-bond donors (Lipinski definition) is 1. The van der Waals surface area contributed by atoms with Gasteiger partial charge in [0.05, 0.1) is 0 Å². The molecular formula is C15H9F2N3O2. The van der Waals surface area contributed by atoms with E-state index in [4.69, 9.17) is 10.2 Å². The summed E-state index contributed by atoms with van der Waals surface area (Å²) in [4.78, 5) is 19.2. The van der Waals surface area contributed by atoms with E-state index in [1.807, 2.05) is 0 Å². The Balaban J connectivity index is 2.22. The van der Waals surface area contributed by atoms with Crippen LogP contribution in [0.2, 0.25) is 0 Å². The van der Waals surface area contributed by atoms with E-state index in [1.54, 1.807) is 12.1 Å². The normalized spacial score (nSPS) is 10.6. The number of rotatable bonds is 3. The SMILES string of the molecule is NC(=O)c1nc(-c2c(F)cccc2F)oc1-c1cccnc1. The fraction of sp³-hybridized carbons (Fsp3) is 0. The monoisotopic (exact) mass is 301 g/mol. The molecule has 7 heteroatoms. The van der Waals surface area contributed by atoms with Gasteiger partial charge >= 0.3 is 0 Å². The molecule has 22 heavy (non-hydrogen) atoms. The van der Waals surface area contributed by atoms with E-state index in [0.29, 0.717) is 5.56 Å². The molecule has 0 saturated heterocycles. The van der Waals surface area contributed by atoms with E-state index in [9.17, 15) is 13.6 Å². The van der Waals surface area contributed by atoms with E-state index in [1.165, 1.54) is 18.5 Å². The third kappa shape index (κ3) is 2.32. The Morgan fingerprint density at radius 3 is 2.45 bits per heavy atom. The summed E-state index contributed by atoms with van der Waals surface area (Å²) >= 11 is 0. The maximum absolute atomic E-state index is 13.8. The predicted octanol–water partition coefficient (Wildman–Crippen LogP) is 2.78. The summed E-state index contributed by atoms with van der Waals surface area (Å²) in [7, 11) is 0. The minimum absolute atomic E-state index is 0.0123. The van der Waals surface area contributed by atoms with E-state index >= 15 is 0 Å². The summed E-state index contributed by atoms with van der Waals surface area (Å²) in [5.74, 6) is -2.92. The largest absolute Gasteiger partial charge is 0.435 e. The fourth-order valence-electron chi connectivity index (χ4n) is 1.99. The maximum atomic E-state index is 13.8. The van der Waals surface area contributed by atoms with Gasteiger partial charge in [0.1, 0.15) is 17.2 Å². The first-order valence-electron chi connectivity index (χ1n) is 6.23. The number of aromatic nitrogens is 2. The Labute approximate surface area is 123 Å². The lowest BCUT2D eigenvalue weighted by molar-refractivity contribution is 0.0996. The first-order chi connectivity index (χ1) is 10.6. The molecule has 1 amide bonds. The molecule has 0 aliphatic rings. The number of nitrogens with zero attached hydrogens (tertiary/aromatic N) is 2. The number of nitrogens with two attached hydrogens (primary N) is 1. The fourth-order valence-corrected chi connectivity index (χ4v) is 1.99. The van der Waals surface area contributed by atoms with Crippen molar-refractivity contribution < 1.29 is 18.0 Å². The Bertz CT molecular complexity index is 827. The standard InChI is InChI=1S/C15H9F2N3O2/c16-9-4-1-5-10(17)11(9)15-20-12(14(18)21)13(22-15)8-3-2-6-19-7-8/h1-7H,(H2,18,21). The Morgan fingerprint density at radius 2 is 1.86 bits per heavy atom. The van der Waals surface area contributed by atoms with Crippen molar-refractivity contribution in [2.45, 2.75) is 0 Å². The highest BCUT2D eigenvalue weighted by Gasteiger charge is 2.24. The number of halogens is 2. The number of oxazole rings is 1. The molecule has 0 radical (unpaired) electrons. The van der Waals surface area contributed by atoms with Crippen LogP contribution in [-0.4, -0.2) is 15.9 Å². The van der Waals surface area contributed by atoms with Crippen LogP contribution in [0.25, 0.3) is 22.8 Å². The quantitative estimate of drug-likeness (QED) is 0.806. The van der Waals surface area contributed by atoms with Crippen molar-refractivity contribution in [1.82, 2.24) is 9.97 Å². The van der Waals surface area contributed by atoms with Crippen molar-refractivity contribution in [3.05, 3.63) is 60.1 Å². The third-order valence-corrected chi connectivity index (χ3v) is 2.96. The van der Waals surface area contributed by atoms with E-state index in [2.05, 4.69) is 9.97 Å². The molecule has 0 atom stereocenters. The smallest absolute Gasteiger partial charge is 0.271 e. The van der Waals surface area contributed by atoms with Crippen LogP contribution in [-0.2, 0) is 0 Å². The highest BCUT2D eigenvalue weighted by atomic mass is 19.1. The predicted molar refractivity (Wildman–Crippen MR) is 73.6 cm³/mol. The molecule has 0 saturated carbocycles. The van der Waals surface area contributed by atoms with Crippen molar-refractivity contribution in [2.75, 3.05) is 0 Å². The second-order valence-electron chi connectivity index (χ2n) is 4.40. The second kappa shape index (κ2) is 5.36. The maximum Gasteiger partial charge on any atom is 0.271 e. The molecule has 0 fully saturated rings. The summed E-state index contributed by atoms with van der Waals surface area (Å²) in [6, 6.07) is 6.58. The highest BCUT2D eigenvalue weighted by molar-refractivity contribution is 5.97. The zero-order chi connectivity index (χ0) is 15.7. The minimum Gasteiger partial charge on any atom is -0.435 e. The Kier molecular flexibility index (Phi) is 3.38. The molecular weight excluding hydrogens is 292 g/mol. The van der Waals surface area contributed by atoms with Crippen LogP contribution >= 0.6 is 0 Å². The first-order valence-corrected chi connectivity index (χ1v) is 6.23. The first kappa shape index (κ1) is 13.9. The molecule has 2 N–H and O–H groups in total. The number of primary amides is 1. The van der Waals surface area contributed by atoms with Gasteiger partial charge in [0.25, 0.3) is 5.91 Å². The zero-order valence-corrected chi connectivity index (χ0v) is 11.1. The number of amides is 1. The molecule has 0 spiro atoms. The zero-order valence-electron chi connectivity index (χ0n) is 11.1. The lowest BCUT2D eigenvalue weighted by Crippen LogP contribution is -2.12. The molecule has 1 aromatic carbocycles. The van der Waals surface area contributed by atoms with Gasteiger partial charge < -0.3 is 10.2 Å². The average Bonchev–Trinajstić information content (AvgIpc) is 2.93. The summed E-state index contributed by atoms with van der Waals surface area (Å²) < 4.78 is 33.0. The average molecular weight is 301 g/mol. The van der Waals surface area contributed by atoms with Crippen LogP contribution in [0, 0.1) is 11.6 Å². The Hall–Kier alpha value is -3.09. The molecule has 110 valence electrons. The topological polar surface area (TPSA) is 82.0 Å². The molecule has 5 nitrogen and oxygen atoms in total. The molecule has 0 aliphatic heterocycles. The molecule has 0 bridgehead atoms. The molecule has 2 heterocycles. The van der Waals surface area contributed by atoms with Crippen LogP contribution in [0.3, 0.4) is 0 Å². The number of carbonyl (C=O) groups is 1. The van der Waals surface area contributed by atoms with Gasteiger partial charge in [-0.15, -0.1) is 0 Å². The van der Waals surface area contributed by atoms with Gasteiger partial charge in [-0.3, -0.25) is 9.78 Å². The number of pyridine rings is 1. The summed E-state index contributed by atoms with van der Waals surface area (Å²) in [5, 5.41) is 0. The third-order valence-electron chi connectivity index (χ3n) is 2.96. The van der Waals surface area contributed by atoms with Crippen LogP contribution < -0.4 is 5.73 Å². The van der Waals surface area contributed by atoms with Gasteiger partial charge in [-0.05, 0) is 24.3 Å². The van der Waals surface area contributed by atoms with Crippen molar-refractivity contribution in [3.63, 3.8) is 0 Å². The van der Waals surface area contributed by atoms with Gasteiger partial charge in [-0.1, -0.05) is 6.07 Å². The highest BCUT2D eigenvalue weighted by Crippen LogP contribution is 2.31. The minimum atomic E-state index is -0.870. The molecule has 0 aliphatic carbocycles. The van der Waals surface area contributed by atoms with E-state index in [0.717, 1.165) is 12.1 Å². The van der Waals surface area contributed by atoms with Crippen LogP contribution in [0.4, 0.5) is 8.78 Å².